The van der Waals surface area contributed by atoms with Crippen LogP contribution < -0.4 is 11.1 Å². The highest BCUT2D eigenvalue weighted by molar-refractivity contribution is 5.74. The maximum absolute atomic E-state index is 12.8. The molecular formula is C9H10FN3O. The lowest BCUT2D eigenvalue weighted by Crippen LogP contribution is -2.13. The van der Waals surface area contributed by atoms with Crippen molar-refractivity contribution in [2.45, 2.75) is 0 Å². The summed E-state index contributed by atoms with van der Waals surface area (Å²) in [7, 11) is 0. The van der Waals surface area contributed by atoms with Crippen molar-refractivity contribution in [1.29, 1.82) is 0 Å². The van der Waals surface area contributed by atoms with E-state index >= 15 is 0 Å². The van der Waals surface area contributed by atoms with Crippen molar-refractivity contribution in [2.75, 3.05) is 18.4 Å². The van der Waals surface area contributed by atoms with Gasteiger partial charge in [-0.15, -0.1) is 0 Å². The van der Waals surface area contributed by atoms with Crippen LogP contribution in [0.25, 0.3) is 11.1 Å². The zero-order chi connectivity index (χ0) is 9.97. The minimum atomic E-state index is -0.334. The summed E-state index contributed by atoms with van der Waals surface area (Å²) in [5, 5.41) is 2.88. The van der Waals surface area contributed by atoms with Crippen LogP contribution in [0, 0.1) is 5.82 Å². The van der Waals surface area contributed by atoms with Gasteiger partial charge >= 0.3 is 0 Å². The van der Waals surface area contributed by atoms with E-state index in [-0.39, 0.29) is 5.82 Å². The summed E-state index contributed by atoms with van der Waals surface area (Å²) in [5.41, 5.74) is 6.37. The van der Waals surface area contributed by atoms with Gasteiger partial charge in [0, 0.05) is 19.2 Å². The van der Waals surface area contributed by atoms with Gasteiger partial charge in [-0.2, -0.15) is 4.98 Å². The number of rotatable bonds is 3. The second-order valence-corrected chi connectivity index (χ2v) is 2.85. The minimum Gasteiger partial charge on any atom is -0.423 e. The van der Waals surface area contributed by atoms with Gasteiger partial charge in [-0.3, -0.25) is 0 Å². The summed E-state index contributed by atoms with van der Waals surface area (Å²) in [6.07, 6.45) is 0. The molecule has 0 aliphatic heterocycles. The van der Waals surface area contributed by atoms with E-state index in [1.165, 1.54) is 12.1 Å². The fraction of sp³-hybridized carbons (Fsp3) is 0.222. The summed E-state index contributed by atoms with van der Waals surface area (Å²) in [5.74, 6) is -0.334. The highest BCUT2D eigenvalue weighted by Crippen LogP contribution is 2.19. The molecule has 2 rings (SSSR count). The summed E-state index contributed by atoms with van der Waals surface area (Å²) >= 11 is 0. The Balaban J connectivity index is 2.32. The third kappa shape index (κ3) is 1.67. The lowest BCUT2D eigenvalue weighted by atomic mass is 10.3. The van der Waals surface area contributed by atoms with E-state index in [0.717, 1.165) is 0 Å². The molecule has 0 aliphatic carbocycles. The molecule has 0 spiro atoms. The monoisotopic (exact) mass is 195 g/mol. The lowest BCUT2D eigenvalue weighted by Gasteiger charge is -1.95. The molecule has 0 bridgehead atoms. The Bertz CT molecular complexity index is 441. The van der Waals surface area contributed by atoms with Crippen molar-refractivity contribution in [3.63, 3.8) is 0 Å². The Hall–Kier alpha value is -1.62. The Morgan fingerprint density at radius 3 is 3.14 bits per heavy atom. The molecule has 1 aromatic heterocycles. The number of nitrogens with one attached hydrogen (secondary N) is 1. The molecule has 0 saturated carbocycles. The lowest BCUT2D eigenvalue weighted by molar-refractivity contribution is 0.600. The van der Waals surface area contributed by atoms with Gasteiger partial charge < -0.3 is 15.5 Å². The second kappa shape index (κ2) is 3.63. The largest absolute Gasteiger partial charge is 0.423 e. The Kier molecular flexibility index (Phi) is 2.32. The number of hydrogen-bond donors (Lipinski definition) is 2. The molecule has 0 fully saturated rings. The van der Waals surface area contributed by atoms with E-state index in [2.05, 4.69) is 10.3 Å². The van der Waals surface area contributed by atoms with Crippen LogP contribution in [-0.2, 0) is 0 Å². The number of fused-ring (bicyclic) bond motifs is 1. The van der Waals surface area contributed by atoms with Gasteiger partial charge in [0.05, 0.1) is 0 Å². The number of hydrogen-bond acceptors (Lipinski definition) is 4. The van der Waals surface area contributed by atoms with E-state index in [1.807, 2.05) is 0 Å². The van der Waals surface area contributed by atoms with Gasteiger partial charge in [-0.05, 0) is 12.1 Å². The molecule has 74 valence electrons. The molecule has 5 heteroatoms. The fourth-order valence-corrected chi connectivity index (χ4v) is 1.15. The van der Waals surface area contributed by atoms with Gasteiger partial charge in [0.2, 0.25) is 0 Å². The first kappa shape index (κ1) is 8.96. The normalized spacial score (nSPS) is 10.7. The molecule has 2 aromatic rings. The number of halogens is 1. The van der Waals surface area contributed by atoms with Crippen LogP contribution in [0.1, 0.15) is 0 Å². The first-order valence-electron chi connectivity index (χ1n) is 4.29. The highest BCUT2D eigenvalue weighted by Gasteiger charge is 2.04. The third-order valence-electron chi connectivity index (χ3n) is 1.77. The summed E-state index contributed by atoms with van der Waals surface area (Å²) in [6, 6.07) is 4.59. The van der Waals surface area contributed by atoms with Crippen molar-refractivity contribution in [3.05, 3.63) is 24.0 Å². The van der Waals surface area contributed by atoms with Crippen LogP contribution >= 0.6 is 0 Å². The summed E-state index contributed by atoms with van der Waals surface area (Å²) in [4.78, 5) is 4.09. The molecular weight excluding hydrogens is 185 g/mol. The van der Waals surface area contributed by atoms with Crippen molar-refractivity contribution in [1.82, 2.24) is 4.98 Å². The molecule has 4 nitrogen and oxygen atoms in total. The zero-order valence-electron chi connectivity index (χ0n) is 7.46. The number of oxazole rings is 1. The average molecular weight is 195 g/mol. The van der Waals surface area contributed by atoms with E-state index < -0.39 is 0 Å². The van der Waals surface area contributed by atoms with Crippen LogP contribution in [-0.4, -0.2) is 18.1 Å². The quantitative estimate of drug-likeness (QED) is 0.775. The Labute approximate surface area is 79.9 Å². The molecule has 0 aliphatic rings. The van der Waals surface area contributed by atoms with Gasteiger partial charge in [0.1, 0.15) is 11.3 Å². The molecule has 0 saturated heterocycles. The molecule has 0 unspecified atom stereocenters. The first-order chi connectivity index (χ1) is 6.79. The standard InChI is InChI=1S/C9H10FN3O/c10-6-1-2-7-8(5-6)14-9(13-7)12-4-3-11/h1-2,5H,3-4,11H2,(H,12,13). The van der Waals surface area contributed by atoms with Crippen LogP contribution in [0.15, 0.2) is 22.6 Å². The maximum Gasteiger partial charge on any atom is 0.295 e. The topological polar surface area (TPSA) is 64.1 Å². The average Bonchev–Trinajstić information content (AvgIpc) is 2.56. The molecule has 3 N–H and O–H groups in total. The van der Waals surface area contributed by atoms with Gasteiger partial charge in [-0.1, -0.05) is 0 Å². The number of nitrogens with zero attached hydrogens (tertiary/aromatic N) is 1. The molecule has 0 amide bonds. The van der Waals surface area contributed by atoms with Crippen molar-refractivity contribution in [2.24, 2.45) is 5.73 Å². The van der Waals surface area contributed by atoms with Crippen LogP contribution in [0.2, 0.25) is 0 Å². The van der Waals surface area contributed by atoms with Crippen LogP contribution in [0.3, 0.4) is 0 Å². The SMILES string of the molecule is NCCNc1nc2ccc(F)cc2o1. The van der Waals surface area contributed by atoms with E-state index in [1.54, 1.807) is 6.07 Å². The number of benzene rings is 1. The smallest absolute Gasteiger partial charge is 0.295 e. The number of anilines is 1. The zero-order valence-corrected chi connectivity index (χ0v) is 7.46. The third-order valence-corrected chi connectivity index (χ3v) is 1.77. The number of nitrogens with two attached hydrogens (primary N) is 1. The highest BCUT2D eigenvalue weighted by atomic mass is 19.1. The molecule has 1 aromatic carbocycles. The van der Waals surface area contributed by atoms with E-state index in [9.17, 15) is 4.39 Å². The van der Waals surface area contributed by atoms with Gasteiger partial charge in [0.15, 0.2) is 5.58 Å². The van der Waals surface area contributed by atoms with Crippen molar-refractivity contribution >= 4 is 17.1 Å². The Morgan fingerprint density at radius 2 is 2.36 bits per heavy atom. The first-order valence-corrected chi connectivity index (χ1v) is 4.29. The van der Waals surface area contributed by atoms with Crippen LogP contribution in [0.4, 0.5) is 10.4 Å². The van der Waals surface area contributed by atoms with Crippen LogP contribution in [0.5, 0.6) is 0 Å². The number of aromatic nitrogens is 1. The van der Waals surface area contributed by atoms with Gasteiger partial charge in [0.25, 0.3) is 6.01 Å². The molecule has 14 heavy (non-hydrogen) atoms. The van der Waals surface area contributed by atoms with Crippen molar-refractivity contribution < 1.29 is 8.81 Å². The summed E-state index contributed by atoms with van der Waals surface area (Å²) in [6.45, 7) is 1.07. The molecule has 1 heterocycles. The van der Waals surface area contributed by atoms with E-state index in [4.69, 9.17) is 10.2 Å². The predicted molar refractivity (Wildman–Crippen MR) is 51.5 cm³/mol. The van der Waals surface area contributed by atoms with E-state index in [0.29, 0.717) is 30.2 Å². The van der Waals surface area contributed by atoms with Crippen molar-refractivity contribution in [3.8, 4) is 0 Å². The fourth-order valence-electron chi connectivity index (χ4n) is 1.15. The predicted octanol–water partition coefficient (Wildman–Crippen LogP) is 1.34. The Morgan fingerprint density at radius 1 is 1.50 bits per heavy atom. The second-order valence-electron chi connectivity index (χ2n) is 2.85. The maximum atomic E-state index is 12.8. The molecule has 0 atom stereocenters. The summed E-state index contributed by atoms with van der Waals surface area (Å²) < 4.78 is 18.0. The minimum absolute atomic E-state index is 0.334. The molecule has 0 radical (unpaired) electrons. The van der Waals surface area contributed by atoms with Gasteiger partial charge in [-0.25, -0.2) is 4.39 Å².